The van der Waals surface area contributed by atoms with Gasteiger partial charge in [-0.3, -0.25) is 9.69 Å². The number of hydrogen-bond donors (Lipinski definition) is 1. The maximum Gasteiger partial charge on any atom is 0.239 e. The van der Waals surface area contributed by atoms with Crippen molar-refractivity contribution in [1.82, 2.24) is 15.2 Å². The molecule has 2 rings (SSSR count). The molecule has 0 radical (unpaired) electrons. The van der Waals surface area contributed by atoms with E-state index in [2.05, 4.69) is 22.1 Å². The number of hydrogen-bond acceptors (Lipinski definition) is 5. The molecular formula is C16H27N3O2S. The van der Waals surface area contributed by atoms with Crippen LogP contribution < -0.4 is 5.32 Å². The first-order valence-electron chi connectivity index (χ1n) is 8.14. The molecule has 1 fully saturated rings. The Labute approximate surface area is 137 Å². The van der Waals surface area contributed by atoms with Crippen molar-refractivity contribution < 1.29 is 9.53 Å². The Morgan fingerprint density at radius 2 is 2.32 bits per heavy atom. The Kier molecular flexibility index (Phi) is 6.79. The van der Waals surface area contributed by atoms with Crippen molar-refractivity contribution in [3.05, 3.63) is 15.6 Å². The second kappa shape index (κ2) is 8.60. The van der Waals surface area contributed by atoms with Crippen LogP contribution in [0.4, 0.5) is 0 Å². The normalized spacial score (nSPS) is 19.3. The van der Waals surface area contributed by atoms with Crippen LogP contribution in [0.1, 0.15) is 35.3 Å². The largest absolute Gasteiger partial charge is 0.378 e. The fourth-order valence-corrected chi connectivity index (χ4v) is 3.67. The summed E-state index contributed by atoms with van der Waals surface area (Å²) < 4.78 is 5.49. The van der Waals surface area contributed by atoms with Crippen LogP contribution in [0.3, 0.4) is 0 Å². The second-order valence-electron chi connectivity index (χ2n) is 5.76. The van der Waals surface area contributed by atoms with Crippen LogP contribution in [0.2, 0.25) is 0 Å². The summed E-state index contributed by atoms with van der Waals surface area (Å²) >= 11 is 1.72. The third-order valence-corrected chi connectivity index (χ3v) is 5.12. The molecule has 1 unspecified atom stereocenters. The van der Waals surface area contributed by atoms with Gasteiger partial charge in [-0.25, -0.2) is 4.98 Å². The van der Waals surface area contributed by atoms with Gasteiger partial charge in [0.2, 0.25) is 5.91 Å². The molecule has 5 nitrogen and oxygen atoms in total. The zero-order valence-corrected chi connectivity index (χ0v) is 14.7. The highest BCUT2D eigenvalue weighted by atomic mass is 32.1. The van der Waals surface area contributed by atoms with Crippen molar-refractivity contribution in [3.63, 3.8) is 0 Å². The third kappa shape index (κ3) is 4.76. The minimum atomic E-state index is -0.135. The molecule has 0 aliphatic carbocycles. The first kappa shape index (κ1) is 17.4. The molecule has 2 heterocycles. The number of aromatic nitrogens is 1. The van der Waals surface area contributed by atoms with Crippen molar-refractivity contribution in [2.45, 2.75) is 46.1 Å². The SMILES string of the molecule is CCCCN1CCOCC1C(=O)NCCc1sc(C)nc1C. The predicted molar refractivity (Wildman–Crippen MR) is 89.4 cm³/mol. The molecular weight excluding hydrogens is 298 g/mol. The lowest BCUT2D eigenvalue weighted by Gasteiger charge is -2.34. The number of unbranched alkanes of at least 4 members (excludes halogenated alkanes) is 1. The number of rotatable bonds is 7. The number of ether oxygens (including phenoxy) is 1. The second-order valence-corrected chi connectivity index (χ2v) is 7.05. The van der Waals surface area contributed by atoms with Crippen LogP contribution >= 0.6 is 11.3 Å². The average Bonchev–Trinajstić information content (AvgIpc) is 2.83. The Balaban J connectivity index is 1.80. The van der Waals surface area contributed by atoms with Crippen LogP contribution in [-0.2, 0) is 16.0 Å². The molecule has 1 aromatic rings. The van der Waals surface area contributed by atoms with Crippen LogP contribution in [0.25, 0.3) is 0 Å². The van der Waals surface area contributed by atoms with E-state index in [4.69, 9.17) is 4.74 Å². The van der Waals surface area contributed by atoms with Gasteiger partial charge in [-0.15, -0.1) is 11.3 Å². The van der Waals surface area contributed by atoms with Gasteiger partial charge in [-0.1, -0.05) is 13.3 Å². The molecule has 1 aliphatic rings. The number of nitrogens with one attached hydrogen (secondary N) is 1. The minimum absolute atomic E-state index is 0.0923. The van der Waals surface area contributed by atoms with Gasteiger partial charge in [0.15, 0.2) is 0 Å². The molecule has 6 heteroatoms. The molecule has 0 bridgehead atoms. The molecule has 1 N–H and O–H groups in total. The predicted octanol–water partition coefficient (Wildman–Crippen LogP) is 1.92. The van der Waals surface area contributed by atoms with E-state index in [0.717, 1.165) is 49.7 Å². The lowest BCUT2D eigenvalue weighted by Crippen LogP contribution is -2.54. The zero-order valence-electron chi connectivity index (χ0n) is 13.9. The molecule has 124 valence electrons. The maximum absolute atomic E-state index is 12.4. The number of aryl methyl sites for hydroxylation is 2. The standard InChI is InChI=1S/C16H27N3O2S/c1-4-5-8-19-9-10-21-11-14(19)16(20)17-7-6-15-12(2)18-13(3)22-15/h14H,4-11H2,1-3H3,(H,17,20). The number of carbonyl (C=O) groups excluding carboxylic acids is 1. The van der Waals surface area contributed by atoms with Crippen molar-refractivity contribution in [3.8, 4) is 0 Å². The number of amides is 1. The summed E-state index contributed by atoms with van der Waals surface area (Å²) in [6, 6.07) is -0.135. The summed E-state index contributed by atoms with van der Waals surface area (Å²) in [5.74, 6) is 0.0923. The van der Waals surface area contributed by atoms with Crippen LogP contribution in [0.15, 0.2) is 0 Å². The van der Waals surface area contributed by atoms with Gasteiger partial charge in [-0.05, 0) is 26.8 Å². The Morgan fingerprint density at radius 3 is 3.00 bits per heavy atom. The van der Waals surface area contributed by atoms with Gasteiger partial charge in [0, 0.05) is 24.4 Å². The average molecular weight is 325 g/mol. The van der Waals surface area contributed by atoms with E-state index in [1.165, 1.54) is 4.88 Å². The topological polar surface area (TPSA) is 54.5 Å². The van der Waals surface area contributed by atoms with E-state index in [1.807, 2.05) is 13.8 Å². The van der Waals surface area contributed by atoms with E-state index in [1.54, 1.807) is 11.3 Å². The molecule has 1 amide bonds. The van der Waals surface area contributed by atoms with E-state index >= 15 is 0 Å². The lowest BCUT2D eigenvalue weighted by molar-refractivity contribution is -0.132. The molecule has 0 saturated carbocycles. The summed E-state index contributed by atoms with van der Waals surface area (Å²) in [4.78, 5) is 20.3. The van der Waals surface area contributed by atoms with Crippen LogP contribution in [0, 0.1) is 13.8 Å². The molecule has 1 atom stereocenters. The van der Waals surface area contributed by atoms with Crippen LogP contribution in [0.5, 0.6) is 0 Å². The van der Waals surface area contributed by atoms with Crippen LogP contribution in [-0.4, -0.2) is 54.7 Å². The van der Waals surface area contributed by atoms with Crippen molar-refractivity contribution in [2.24, 2.45) is 0 Å². The van der Waals surface area contributed by atoms with Crippen molar-refractivity contribution >= 4 is 17.2 Å². The smallest absolute Gasteiger partial charge is 0.239 e. The lowest BCUT2D eigenvalue weighted by atomic mass is 10.2. The molecule has 1 aromatic heterocycles. The monoisotopic (exact) mass is 325 g/mol. The maximum atomic E-state index is 12.4. The summed E-state index contributed by atoms with van der Waals surface area (Å²) in [5, 5.41) is 4.15. The molecule has 0 spiro atoms. The van der Waals surface area contributed by atoms with Crippen molar-refractivity contribution in [1.29, 1.82) is 0 Å². The number of morpholine rings is 1. The van der Waals surface area contributed by atoms with Gasteiger partial charge < -0.3 is 10.1 Å². The summed E-state index contributed by atoms with van der Waals surface area (Å²) in [6.07, 6.45) is 3.13. The molecule has 1 aliphatic heterocycles. The zero-order chi connectivity index (χ0) is 15.9. The van der Waals surface area contributed by atoms with Gasteiger partial charge in [0.25, 0.3) is 0 Å². The Bertz CT molecular complexity index is 490. The summed E-state index contributed by atoms with van der Waals surface area (Å²) in [7, 11) is 0. The highest BCUT2D eigenvalue weighted by Crippen LogP contribution is 2.17. The fourth-order valence-electron chi connectivity index (χ4n) is 2.73. The van der Waals surface area contributed by atoms with E-state index < -0.39 is 0 Å². The van der Waals surface area contributed by atoms with E-state index in [0.29, 0.717) is 13.2 Å². The molecule has 22 heavy (non-hydrogen) atoms. The highest BCUT2D eigenvalue weighted by molar-refractivity contribution is 7.11. The Morgan fingerprint density at radius 1 is 1.50 bits per heavy atom. The fraction of sp³-hybridized carbons (Fsp3) is 0.750. The summed E-state index contributed by atoms with van der Waals surface area (Å²) in [6.45, 7) is 9.96. The third-order valence-electron chi connectivity index (χ3n) is 3.99. The van der Waals surface area contributed by atoms with Gasteiger partial charge in [-0.2, -0.15) is 0 Å². The molecule has 1 saturated heterocycles. The number of nitrogens with zero attached hydrogens (tertiary/aromatic N) is 2. The first-order valence-corrected chi connectivity index (χ1v) is 8.96. The van der Waals surface area contributed by atoms with Gasteiger partial charge in [0.1, 0.15) is 6.04 Å². The van der Waals surface area contributed by atoms with E-state index in [-0.39, 0.29) is 11.9 Å². The van der Waals surface area contributed by atoms with Gasteiger partial charge in [0.05, 0.1) is 23.9 Å². The summed E-state index contributed by atoms with van der Waals surface area (Å²) in [5.41, 5.74) is 1.09. The van der Waals surface area contributed by atoms with E-state index in [9.17, 15) is 4.79 Å². The molecule has 0 aromatic carbocycles. The first-order chi connectivity index (χ1) is 10.6. The van der Waals surface area contributed by atoms with Gasteiger partial charge >= 0.3 is 0 Å². The highest BCUT2D eigenvalue weighted by Gasteiger charge is 2.28. The quantitative estimate of drug-likeness (QED) is 0.832. The van der Waals surface area contributed by atoms with Crippen molar-refractivity contribution in [2.75, 3.05) is 32.8 Å². The Hall–Kier alpha value is -0.980. The minimum Gasteiger partial charge on any atom is -0.378 e. The number of carbonyl (C=O) groups is 1. The number of thiazole rings is 1.